The van der Waals surface area contributed by atoms with Crippen LogP contribution in [0.3, 0.4) is 0 Å². The maximum atomic E-state index is 11.9. The maximum absolute atomic E-state index is 11.9. The molecule has 1 aliphatic rings. The summed E-state index contributed by atoms with van der Waals surface area (Å²) >= 11 is 0. The van der Waals surface area contributed by atoms with E-state index in [0.717, 1.165) is 6.92 Å². The normalized spacial score (nSPS) is 36.4. The van der Waals surface area contributed by atoms with Gasteiger partial charge in [0.25, 0.3) is 0 Å². The van der Waals surface area contributed by atoms with Crippen LogP contribution in [0.15, 0.2) is 0 Å². The van der Waals surface area contributed by atoms with Crippen molar-refractivity contribution in [3.8, 4) is 0 Å². The number of hydrogen-bond acceptors (Lipinski definition) is 8. The number of aliphatic hydroxyl groups is 3. The smallest absolute Gasteiger partial charge is 0.331 e. The molecule has 1 saturated heterocycles. The van der Waals surface area contributed by atoms with Crippen molar-refractivity contribution < 1.29 is 43.6 Å². The van der Waals surface area contributed by atoms with Crippen LogP contribution in [0.5, 0.6) is 0 Å². The molecule has 0 aromatic heterocycles. The number of carbonyl (C=O) groups excluding carboxylic acids is 1. The van der Waals surface area contributed by atoms with E-state index in [0.29, 0.717) is 0 Å². The SMILES string of the molecule is CC(=O)OC(C)OP(=O)(O)CC[C@H]1O[C@H](C)[C@@H](O)[C@@H](O)[C@@H]1O. The van der Waals surface area contributed by atoms with Crippen LogP contribution in [0, 0.1) is 0 Å². The molecule has 2 unspecified atom stereocenters. The first-order valence-electron chi connectivity index (χ1n) is 6.90. The van der Waals surface area contributed by atoms with Gasteiger partial charge in [0.05, 0.1) is 18.4 Å². The van der Waals surface area contributed by atoms with Crippen molar-refractivity contribution in [3.63, 3.8) is 0 Å². The van der Waals surface area contributed by atoms with Crippen molar-refractivity contribution >= 4 is 13.6 Å². The van der Waals surface area contributed by atoms with Crippen LogP contribution in [-0.4, -0.2) is 69.2 Å². The number of ether oxygens (including phenoxy) is 2. The highest BCUT2D eigenvalue weighted by Crippen LogP contribution is 2.45. The van der Waals surface area contributed by atoms with E-state index in [-0.39, 0.29) is 12.6 Å². The summed E-state index contributed by atoms with van der Waals surface area (Å²) < 4.78 is 26.6. The average molecular weight is 342 g/mol. The zero-order chi connectivity index (χ0) is 17.1. The molecule has 22 heavy (non-hydrogen) atoms. The molecule has 1 aliphatic heterocycles. The Hall–Kier alpha value is -0.540. The lowest BCUT2D eigenvalue weighted by Gasteiger charge is -2.39. The lowest BCUT2D eigenvalue weighted by molar-refractivity contribution is -0.217. The minimum absolute atomic E-state index is 0.0736. The highest BCUT2D eigenvalue weighted by atomic mass is 31.2. The number of carbonyl (C=O) groups is 1. The maximum Gasteiger partial charge on any atom is 0.331 e. The van der Waals surface area contributed by atoms with E-state index in [1.54, 1.807) is 0 Å². The Morgan fingerprint density at radius 2 is 1.86 bits per heavy atom. The lowest BCUT2D eigenvalue weighted by Crippen LogP contribution is -2.56. The second kappa shape index (κ2) is 7.83. The second-order valence-electron chi connectivity index (χ2n) is 5.28. The quantitative estimate of drug-likeness (QED) is 0.281. The fourth-order valence-corrected chi connectivity index (χ4v) is 3.40. The molecule has 0 bridgehead atoms. The molecule has 0 saturated carbocycles. The molecule has 7 atom stereocenters. The van der Waals surface area contributed by atoms with Crippen molar-refractivity contribution in [1.82, 2.24) is 0 Å². The molecular weight excluding hydrogens is 319 g/mol. The standard InChI is InChI=1S/C12H23O9P/c1-6-10(14)12(16)11(15)9(19-6)4-5-22(17,18)21-8(3)20-7(2)13/h6,8-12,14-16H,4-5H2,1-3H3,(H,17,18)/t6-,8?,9-,10-,11-,12-/m1/s1. The Morgan fingerprint density at radius 3 is 2.41 bits per heavy atom. The Bertz CT molecular complexity index is 429. The molecule has 9 nitrogen and oxygen atoms in total. The summed E-state index contributed by atoms with van der Waals surface area (Å²) in [5.41, 5.74) is 0. The number of rotatable bonds is 6. The van der Waals surface area contributed by atoms with E-state index in [1.165, 1.54) is 13.8 Å². The molecule has 0 radical (unpaired) electrons. The summed E-state index contributed by atoms with van der Waals surface area (Å²) in [6, 6.07) is 0. The fourth-order valence-electron chi connectivity index (χ4n) is 2.21. The summed E-state index contributed by atoms with van der Waals surface area (Å²) in [5.74, 6) is -0.649. The monoisotopic (exact) mass is 342 g/mol. The summed E-state index contributed by atoms with van der Waals surface area (Å²) in [6.45, 7) is 3.96. The summed E-state index contributed by atoms with van der Waals surface area (Å²) in [6.07, 6.45) is -7.26. The summed E-state index contributed by atoms with van der Waals surface area (Å²) in [7, 11) is -4.07. The van der Waals surface area contributed by atoms with Gasteiger partial charge in [-0.15, -0.1) is 0 Å². The zero-order valence-corrected chi connectivity index (χ0v) is 13.6. The van der Waals surface area contributed by atoms with Gasteiger partial charge in [0.2, 0.25) is 6.29 Å². The Morgan fingerprint density at radius 1 is 1.27 bits per heavy atom. The number of esters is 1. The van der Waals surface area contributed by atoms with Crippen molar-refractivity contribution in [2.24, 2.45) is 0 Å². The second-order valence-corrected chi connectivity index (χ2v) is 7.22. The topological polar surface area (TPSA) is 143 Å². The largest absolute Gasteiger partial charge is 0.436 e. The molecule has 0 aromatic rings. The van der Waals surface area contributed by atoms with Gasteiger partial charge in [0, 0.05) is 6.92 Å². The molecule has 0 spiro atoms. The third-order valence-electron chi connectivity index (χ3n) is 3.29. The fraction of sp³-hybridized carbons (Fsp3) is 0.917. The van der Waals surface area contributed by atoms with Gasteiger partial charge in [-0.3, -0.25) is 13.9 Å². The molecule has 1 heterocycles. The Kier molecular flexibility index (Phi) is 6.94. The van der Waals surface area contributed by atoms with Crippen molar-refractivity contribution in [3.05, 3.63) is 0 Å². The predicted molar refractivity (Wildman–Crippen MR) is 74.0 cm³/mol. The van der Waals surface area contributed by atoms with Crippen LogP contribution in [0.2, 0.25) is 0 Å². The van der Waals surface area contributed by atoms with E-state index >= 15 is 0 Å². The van der Waals surface area contributed by atoms with E-state index in [9.17, 15) is 29.6 Å². The van der Waals surface area contributed by atoms with E-state index < -0.39 is 50.4 Å². The van der Waals surface area contributed by atoms with E-state index in [1.807, 2.05) is 0 Å². The molecular formula is C12H23O9P. The van der Waals surface area contributed by atoms with Crippen molar-refractivity contribution in [2.75, 3.05) is 6.16 Å². The van der Waals surface area contributed by atoms with Crippen molar-refractivity contribution in [2.45, 2.75) is 64.0 Å². The van der Waals surface area contributed by atoms with Gasteiger partial charge in [-0.05, 0) is 20.3 Å². The average Bonchev–Trinajstić information content (AvgIpc) is 2.37. The van der Waals surface area contributed by atoms with Gasteiger partial charge < -0.3 is 29.7 Å². The molecule has 0 aromatic carbocycles. The van der Waals surface area contributed by atoms with Gasteiger partial charge in [0.15, 0.2) is 0 Å². The molecule has 0 amide bonds. The molecule has 0 aliphatic carbocycles. The van der Waals surface area contributed by atoms with Crippen LogP contribution in [-0.2, 0) is 23.4 Å². The molecule has 10 heteroatoms. The highest BCUT2D eigenvalue weighted by Gasteiger charge is 2.42. The Labute approximate surface area is 128 Å². The van der Waals surface area contributed by atoms with Crippen LogP contribution in [0.1, 0.15) is 27.2 Å². The number of aliphatic hydroxyl groups excluding tert-OH is 3. The van der Waals surface area contributed by atoms with Gasteiger partial charge in [-0.25, -0.2) is 0 Å². The summed E-state index contributed by atoms with van der Waals surface area (Å²) in [5, 5.41) is 29.0. The van der Waals surface area contributed by atoms with Gasteiger partial charge in [-0.1, -0.05) is 0 Å². The molecule has 4 N–H and O–H groups in total. The third-order valence-corrected chi connectivity index (χ3v) is 4.74. The van der Waals surface area contributed by atoms with Crippen LogP contribution in [0.25, 0.3) is 0 Å². The first kappa shape index (κ1) is 19.5. The minimum Gasteiger partial charge on any atom is -0.436 e. The van der Waals surface area contributed by atoms with Crippen LogP contribution < -0.4 is 0 Å². The van der Waals surface area contributed by atoms with Gasteiger partial charge in [-0.2, -0.15) is 0 Å². The van der Waals surface area contributed by atoms with Gasteiger partial charge >= 0.3 is 13.6 Å². The van der Waals surface area contributed by atoms with Gasteiger partial charge in [0.1, 0.15) is 18.3 Å². The third kappa shape index (κ3) is 5.58. The van der Waals surface area contributed by atoms with E-state index in [2.05, 4.69) is 4.74 Å². The molecule has 1 fully saturated rings. The Balaban J connectivity index is 2.53. The zero-order valence-electron chi connectivity index (χ0n) is 12.7. The first-order chi connectivity index (χ1) is 10.0. The van der Waals surface area contributed by atoms with Crippen LogP contribution in [0.4, 0.5) is 0 Å². The molecule has 1 rings (SSSR count). The number of hydrogen-bond donors (Lipinski definition) is 4. The predicted octanol–water partition coefficient (Wildman–Crippen LogP) is -0.642. The van der Waals surface area contributed by atoms with Crippen LogP contribution >= 0.6 is 7.60 Å². The highest BCUT2D eigenvalue weighted by molar-refractivity contribution is 7.52. The first-order valence-corrected chi connectivity index (χ1v) is 8.67. The summed E-state index contributed by atoms with van der Waals surface area (Å²) in [4.78, 5) is 20.4. The van der Waals surface area contributed by atoms with E-state index in [4.69, 9.17) is 9.26 Å². The molecule has 130 valence electrons. The lowest BCUT2D eigenvalue weighted by atomic mass is 9.94. The van der Waals surface area contributed by atoms with Crippen molar-refractivity contribution in [1.29, 1.82) is 0 Å². The minimum atomic E-state index is -4.07.